The number of aromatic nitrogens is 5. The number of nitrogens with two attached hydrogens (primary N) is 1. The average molecular weight is 468 g/mol. The highest BCUT2D eigenvalue weighted by atomic mass is 32.1. The van der Waals surface area contributed by atoms with E-state index in [2.05, 4.69) is 35.8 Å². The molecule has 4 rings (SSSR count). The van der Waals surface area contributed by atoms with E-state index in [-0.39, 0.29) is 17.3 Å². The van der Waals surface area contributed by atoms with Gasteiger partial charge < -0.3 is 15.2 Å². The fraction of sp³-hybridized carbons (Fsp3) is 0.200. The van der Waals surface area contributed by atoms with E-state index in [0.717, 1.165) is 11.3 Å². The second-order valence-corrected chi connectivity index (χ2v) is 7.55. The predicted molar refractivity (Wildman–Crippen MR) is 121 cm³/mol. The second-order valence-electron chi connectivity index (χ2n) is 6.61. The number of rotatable bonds is 9. The van der Waals surface area contributed by atoms with E-state index in [0.29, 0.717) is 29.4 Å². The SMILES string of the molecule is CCCOc1ccc(/C=N\NC(=O)c2nnn(-c3nonc3N)c2-c2cccs2)cc1OC. The number of nitrogens with zero attached hydrogens (tertiary/aromatic N) is 6. The summed E-state index contributed by atoms with van der Waals surface area (Å²) in [6.45, 7) is 2.61. The van der Waals surface area contributed by atoms with E-state index < -0.39 is 5.91 Å². The summed E-state index contributed by atoms with van der Waals surface area (Å²) in [6, 6.07) is 9.00. The van der Waals surface area contributed by atoms with E-state index in [9.17, 15) is 4.79 Å². The molecule has 0 radical (unpaired) electrons. The summed E-state index contributed by atoms with van der Waals surface area (Å²) in [5.74, 6) is 0.791. The van der Waals surface area contributed by atoms with Crippen LogP contribution in [0.25, 0.3) is 16.4 Å². The number of nitrogen functional groups attached to an aromatic ring is 1. The van der Waals surface area contributed by atoms with Crippen LogP contribution in [0.1, 0.15) is 29.4 Å². The highest BCUT2D eigenvalue weighted by Gasteiger charge is 2.25. The lowest BCUT2D eigenvalue weighted by molar-refractivity contribution is 0.0951. The van der Waals surface area contributed by atoms with E-state index in [4.69, 9.17) is 15.2 Å². The Morgan fingerprint density at radius 2 is 2.21 bits per heavy atom. The summed E-state index contributed by atoms with van der Waals surface area (Å²) in [5, 5.41) is 21.2. The van der Waals surface area contributed by atoms with Gasteiger partial charge in [0, 0.05) is 0 Å². The first-order chi connectivity index (χ1) is 16.1. The maximum Gasteiger partial charge on any atom is 0.294 e. The Balaban J connectivity index is 1.55. The number of hydrogen-bond acceptors (Lipinski definition) is 11. The quantitative estimate of drug-likeness (QED) is 0.278. The molecule has 0 aliphatic heterocycles. The van der Waals surface area contributed by atoms with E-state index in [1.807, 2.05) is 24.4 Å². The minimum absolute atomic E-state index is 0.0167. The van der Waals surface area contributed by atoms with Crippen molar-refractivity contribution in [1.82, 2.24) is 30.7 Å². The van der Waals surface area contributed by atoms with Gasteiger partial charge in [-0.05, 0) is 51.9 Å². The summed E-state index contributed by atoms with van der Waals surface area (Å²) in [5.41, 5.74) is 9.39. The molecule has 4 aromatic rings. The fourth-order valence-electron chi connectivity index (χ4n) is 2.87. The van der Waals surface area contributed by atoms with Gasteiger partial charge in [-0.2, -0.15) is 9.78 Å². The Bertz CT molecular complexity index is 1270. The maximum atomic E-state index is 12.8. The van der Waals surface area contributed by atoms with Gasteiger partial charge in [0.15, 0.2) is 17.2 Å². The molecule has 12 nitrogen and oxygen atoms in total. The lowest BCUT2D eigenvalue weighted by Gasteiger charge is -2.10. The zero-order valence-electron chi connectivity index (χ0n) is 17.8. The summed E-state index contributed by atoms with van der Waals surface area (Å²) < 4.78 is 17.0. The highest BCUT2D eigenvalue weighted by molar-refractivity contribution is 7.13. The number of anilines is 1. The van der Waals surface area contributed by atoms with Gasteiger partial charge in [-0.3, -0.25) is 4.79 Å². The first kappa shape index (κ1) is 22.0. The molecule has 0 saturated heterocycles. The van der Waals surface area contributed by atoms with Gasteiger partial charge in [-0.15, -0.1) is 16.4 Å². The van der Waals surface area contributed by atoms with Gasteiger partial charge in [0.05, 0.1) is 24.8 Å². The van der Waals surface area contributed by atoms with Crippen molar-refractivity contribution in [3.05, 3.63) is 47.0 Å². The number of carbonyl (C=O) groups excluding carboxylic acids is 1. The normalized spacial score (nSPS) is 11.1. The van der Waals surface area contributed by atoms with Gasteiger partial charge in [0.25, 0.3) is 5.91 Å². The van der Waals surface area contributed by atoms with Crippen LogP contribution < -0.4 is 20.6 Å². The molecule has 0 unspecified atom stereocenters. The molecule has 1 amide bonds. The standard InChI is InChI=1S/C20H20N8O4S/c1-3-8-31-13-7-6-12(10-14(13)30-2)11-22-24-20(29)16-17(15-5-4-9-33-15)28(27-23-16)19-18(21)25-32-26-19/h4-7,9-11H,3,8H2,1-2H3,(H2,21,25)(H,24,29)/b22-11-. The maximum absolute atomic E-state index is 12.8. The zero-order valence-corrected chi connectivity index (χ0v) is 18.6. The van der Waals surface area contributed by atoms with Crippen LogP contribution in [0.3, 0.4) is 0 Å². The van der Waals surface area contributed by atoms with Crippen molar-refractivity contribution in [2.75, 3.05) is 19.5 Å². The molecular weight excluding hydrogens is 448 g/mol. The van der Waals surface area contributed by atoms with Crippen LogP contribution in [0.2, 0.25) is 0 Å². The fourth-order valence-corrected chi connectivity index (χ4v) is 3.63. The molecule has 1 aromatic carbocycles. The number of amides is 1. The van der Waals surface area contributed by atoms with Gasteiger partial charge >= 0.3 is 0 Å². The number of thiophene rings is 1. The number of carbonyl (C=O) groups is 1. The Kier molecular flexibility index (Phi) is 6.59. The van der Waals surface area contributed by atoms with Crippen LogP contribution in [0.15, 0.2) is 45.4 Å². The minimum atomic E-state index is -0.564. The topological polar surface area (TPSA) is 156 Å². The highest BCUT2D eigenvalue weighted by Crippen LogP contribution is 2.30. The average Bonchev–Trinajstić information content (AvgIpc) is 3.58. The van der Waals surface area contributed by atoms with Crippen LogP contribution in [-0.2, 0) is 0 Å². The summed E-state index contributed by atoms with van der Waals surface area (Å²) in [4.78, 5) is 13.6. The molecule has 0 aliphatic carbocycles. The lowest BCUT2D eigenvalue weighted by Crippen LogP contribution is -2.19. The van der Waals surface area contributed by atoms with Crippen LogP contribution >= 0.6 is 11.3 Å². The van der Waals surface area contributed by atoms with Crippen molar-refractivity contribution in [2.24, 2.45) is 5.10 Å². The van der Waals surface area contributed by atoms with Crippen molar-refractivity contribution in [3.63, 3.8) is 0 Å². The minimum Gasteiger partial charge on any atom is -0.493 e. The monoisotopic (exact) mass is 468 g/mol. The third-order valence-corrected chi connectivity index (χ3v) is 5.24. The van der Waals surface area contributed by atoms with Gasteiger partial charge in [0.1, 0.15) is 5.69 Å². The molecule has 170 valence electrons. The van der Waals surface area contributed by atoms with E-state index in [1.54, 1.807) is 25.3 Å². The Morgan fingerprint density at radius 1 is 1.33 bits per heavy atom. The number of nitrogens with one attached hydrogen (secondary N) is 1. The number of hydrogen-bond donors (Lipinski definition) is 2. The van der Waals surface area contributed by atoms with Crippen molar-refractivity contribution < 1.29 is 18.9 Å². The molecule has 0 spiro atoms. The Labute approximate surface area is 192 Å². The molecule has 0 saturated carbocycles. The summed E-state index contributed by atoms with van der Waals surface area (Å²) in [7, 11) is 1.56. The molecule has 3 heterocycles. The van der Waals surface area contributed by atoms with Crippen LogP contribution in [-0.4, -0.2) is 51.1 Å². The van der Waals surface area contributed by atoms with Gasteiger partial charge in [-0.25, -0.2) is 10.1 Å². The lowest BCUT2D eigenvalue weighted by atomic mass is 10.2. The molecule has 33 heavy (non-hydrogen) atoms. The van der Waals surface area contributed by atoms with Gasteiger partial charge in [0.2, 0.25) is 11.6 Å². The molecule has 0 aliphatic rings. The first-order valence-electron chi connectivity index (χ1n) is 9.84. The predicted octanol–water partition coefficient (Wildman–Crippen LogP) is 2.52. The third kappa shape index (κ3) is 4.67. The number of methoxy groups -OCH3 is 1. The number of hydrazone groups is 1. The molecule has 3 aromatic heterocycles. The largest absolute Gasteiger partial charge is 0.493 e. The Hall–Kier alpha value is -4.26. The number of benzene rings is 1. The molecule has 0 bridgehead atoms. The number of ether oxygens (including phenoxy) is 2. The van der Waals surface area contributed by atoms with Crippen molar-refractivity contribution in [3.8, 4) is 27.9 Å². The Morgan fingerprint density at radius 3 is 2.91 bits per heavy atom. The van der Waals surface area contributed by atoms with E-state index >= 15 is 0 Å². The zero-order chi connectivity index (χ0) is 23.2. The van der Waals surface area contributed by atoms with Gasteiger partial charge in [-0.1, -0.05) is 18.2 Å². The molecule has 3 N–H and O–H groups in total. The van der Waals surface area contributed by atoms with Crippen LogP contribution in [0.5, 0.6) is 11.5 Å². The summed E-state index contributed by atoms with van der Waals surface area (Å²) in [6.07, 6.45) is 2.37. The third-order valence-electron chi connectivity index (χ3n) is 4.37. The van der Waals surface area contributed by atoms with Crippen molar-refractivity contribution in [2.45, 2.75) is 13.3 Å². The smallest absolute Gasteiger partial charge is 0.294 e. The van der Waals surface area contributed by atoms with Crippen molar-refractivity contribution >= 4 is 29.3 Å². The first-order valence-corrected chi connectivity index (χ1v) is 10.7. The molecular formula is C20H20N8O4S. The van der Waals surface area contributed by atoms with Crippen LogP contribution in [0, 0.1) is 0 Å². The molecule has 0 fully saturated rings. The van der Waals surface area contributed by atoms with Crippen LogP contribution in [0.4, 0.5) is 5.82 Å². The molecule has 13 heteroatoms. The second kappa shape index (κ2) is 9.91. The molecule has 0 atom stereocenters. The summed E-state index contributed by atoms with van der Waals surface area (Å²) >= 11 is 1.40. The van der Waals surface area contributed by atoms with Crippen molar-refractivity contribution in [1.29, 1.82) is 0 Å². The van der Waals surface area contributed by atoms with E-state index in [1.165, 1.54) is 22.2 Å².